The molecule has 0 aromatic rings. The van der Waals surface area contributed by atoms with E-state index in [1.165, 1.54) is 0 Å². The van der Waals surface area contributed by atoms with Gasteiger partial charge in [0.15, 0.2) is 0 Å². The number of aliphatic hydroxyl groups is 2. The molecule has 0 spiro atoms. The number of hydrogen-bond acceptors (Lipinski definition) is 3. The molecule has 2 radical (unpaired) electrons. The van der Waals surface area contributed by atoms with Crippen molar-refractivity contribution in [2.24, 2.45) is 0 Å². The van der Waals surface area contributed by atoms with E-state index >= 15 is 0 Å². The van der Waals surface area contributed by atoms with E-state index in [1.54, 1.807) is 6.92 Å². The second-order valence-corrected chi connectivity index (χ2v) is 2.55. The van der Waals surface area contributed by atoms with Gasteiger partial charge in [0.05, 0.1) is 18.8 Å². The van der Waals surface area contributed by atoms with Gasteiger partial charge in [0.25, 0.3) is 0 Å². The molecule has 0 amide bonds. The summed E-state index contributed by atoms with van der Waals surface area (Å²) in [5.74, 6) is 0. The van der Waals surface area contributed by atoms with Crippen molar-refractivity contribution in [1.82, 2.24) is 0 Å². The molecule has 4 heteroatoms. The highest BCUT2D eigenvalue weighted by atomic mass is 16.5. The van der Waals surface area contributed by atoms with Gasteiger partial charge < -0.3 is 14.9 Å². The Kier molecular flexibility index (Phi) is 5.55. The van der Waals surface area contributed by atoms with E-state index in [-0.39, 0.29) is 12.7 Å². The highest BCUT2D eigenvalue weighted by molar-refractivity contribution is 6.11. The third kappa shape index (κ3) is 4.40. The fourth-order valence-corrected chi connectivity index (χ4v) is 0.604. The van der Waals surface area contributed by atoms with E-state index in [0.717, 1.165) is 0 Å². The Morgan fingerprint density at radius 3 is 2.36 bits per heavy atom. The van der Waals surface area contributed by atoms with Gasteiger partial charge in [-0.05, 0) is 13.3 Å². The van der Waals surface area contributed by atoms with Crippen LogP contribution in [0.2, 0.25) is 0 Å². The van der Waals surface area contributed by atoms with Crippen molar-refractivity contribution < 1.29 is 14.9 Å². The monoisotopic (exact) mass is 158 g/mol. The Morgan fingerprint density at radius 2 is 2.09 bits per heavy atom. The quantitative estimate of drug-likeness (QED) is 0.537. The Hall–Kier alpha value is -0.0551. The molecule has 0 aliphatic carbocycles. The van der Waals surface area contributed by atoms with E-state index in [4.69, 9.17) is 22.8 Å². The van der Waals surface area contributed by atoms with Crippen LogP contribution in [0.4, 0.5) is 0 Å². The minimum Gasteiger partial charge on any atom is -0.394 e. The molecule has 0 aromatic carbocycles. The van der Waals surface area contributed by atoms with Crippen LogP contribution in [-0.4, -0.2) is 42.9 Å². The predicted octanol–water partition coefficient (Wildman–Crippen LogP) is -0.351. The summed E-state index contributed by atoms with van der Waals surface area (Å²) in [5, 5.41) is 17.6. The summed E-state index contributed by atoms with van der Waals surface area (Å²) in [6, 6.07) is -0.702. The molecule has 0 aliphatic heterocycles. The van der Waals surface area contributed by atoms with Crippen LogP contribution in [-0.2, 0) is 4.74 Å². The van der Waals surface area contributed by atoms with Crippen molar-refractivity contribution >= 4 is 7.85 Å². The van der Waals surface area contributed by atoms with Crippen LogP contribution < -0.4 is 0 Å². The van der Waals surface area contributed by atoms with E-state index in [9.17, 15) is 0 Å². The SMILES string of the molecule is [B][C@H](O[C@@H](CC)CO)[C@@H](C)O. The molecule has 2 N–H and O–H groups in total. The zero-order chi connectivity index (χ0) is 8.85. The predicted molar refractivity (Wildman–Crippen MR) is 43.5 cm³/mol. The minimum absolute atomic E-state index is 0.0586. The molecule has 0 saturated carbocycles. The van der Waals surface area contributed by atoms with Gasteiger partial charge in [-0.25, -0.2) is 0 Å². The van der Waals surface area contributed by atoms with Gasteiger partial charge in [-0.2, -0.15) is 0 Å². The van der Waals surface area contributed by atoms with Crippen molar-refractivity contribution in [3.8, 4) is 0 Å². The molecule has 3 nitrogen and oxygen atoms in total. The molecular weight excluding hydrogens is 143 g/mol. The Balaban J connectivity index is 3.62. The molecule has 0 unspecified atom stereocenters. The maximum Gasteiger partial charge on any atom is 0.112 e. The van der Waals surface area contributed by atoms with E-state index in [1.807, 2.05) is 6.92 Å². The van der Waals surface area contributed by atoms with Crippen LogP contribution in [0, 0.1) is 0 Å². The van der Waals surface area contributed by atoms with Crippen LogP contribution in [0.1, 0.15) is 20.3 Å². The zero-order valence-electron chi connectivity index (χ0n) is 7.03. The van der Waals surface area contributed by atoms with Gasteiger partial charge in [-0.3, -0.25) is 0 Å². The lowest BCUT2D eigenvalue weighted by Gasteiger charge is -2.21. The summed E-state index contributed by atoms with van der Waals surface area (Å²) in [7, 11) is 5.39. The summed E-state index contributed by atoms with van der Waals surface area (Å²) in [5.41, 5.74) is 0. The van der Waals surface area contributed by atoms with Gasteiger partial charge in [-0.1, -0.05) is 6.92 Å². The molecule has 0 saturated heterocycles. The van der Waals surface area contributed by atoms with Gasteiger partial charge in [0.2, 0.25) is 0 Å². The molecule has 0 heterocycles. The summed E-state index contributed by atoms with van der Waals surface area (Å²) >= 11 is 0. The highest BCUT2D eigenvalue weighted by Gasteiger charge is 2.13. The van der Waals surface area contributed by atoms with Crippen molar-refractivity contribution in [1.29, 1.82) is 0 Å². The summed E-state index contributed by atoms with van der Waals surface area (Å²) < 4.78 is 5.09. The number of ether oxygens (including phenoxy) is 1. The molecule has 0 fully saturated rings. The molecule has 0 bridgehead atoms. The van der Waals surface area contributed by atoms with Crippen LogP contribution >= 0.6 is 0 Å². The first kappa shape index (κ1) is 10.9. The lowest BCUT2D eigenvalue weighted by Crippen LogP contribution is -2.32. The first-order chi connectivity index (χ1) is 5.11. The molecular formula is C7H15BO3. The Bertz CT molecular complexity index is 93.7. The lowest BCUT2D eigenvalue weighted by molar-refractivity contribution is -0.0499. The first-order valence-corrected chi connectivity index (χ1v) is 3.81. The maximum atomic E-state index is 8.93. The van der Waals surface area contributed by atoms with Crippen molar-refractivity contribution in [2.75, 3.05) is 6.61 Å². The standard InChI is InChI=1S/C7H15BO3/c1-3-6(4-9)11-7(8)5(2)10/h5-7,9-10H,3-4H2,1-2H3/t5-,6+,7-/m1/s1. The molecule has 64 valence electrons. The van der Waals surface area contributed by atoms with Crippen LogP contribution in [0.5, 0.6) is 0 Å². The van der Waals surface area contributed by atoms with Crippen molar-refractivity contribution in [3.63, 3.8) is 0 Å². The molecule has 3 atom stereocenters. The van der Waals surface area contributed by atoms with Gasteiger partial charge >= 0.3 is 0 Å². The normalized spacial score (nSPS) is 19.3. The minimum atomic E-state index is -0.702. The summed E-state index contributed by atoms with van der Waals surface area (Å²) in [6.07, 6.45) is -0.271. The van der Waals surface area contributed by atoms with Crippen LogP contribution in [0.3, 0.4) is 0 Å². The second kappa shape index (κ2) is 5.58. The average Bonchev–Trinajstić information content (AvgIpc) is 1.99. The van der Waals surface area contributed by atoms with Crippen LogP contribution in [0.15, 0.2) is 0 Å². The number of aliphatic hydroxyl groups excluding tert-OH is 2. The molecule has 11 heavy (non-hydrogen) atoms. The molecule has 0 aromatic heterocycles. The lowest BCUT2D eigenvalue weighted by atomic mass is 9.95. The van der Waals surface area contributed by atoms with E-state index < -0.39 is 12.1 Å². The number of hydrogen-bond donors (Lipinski definition) is 2. The maximum absolute atomic E-state index is 8.93. The molecule has 0 rings (SSSR count). The zero-order valence-corrected chi connectivity index (χ0v) is 7.03. The smallest absolute Gasteiger partial charge is 0.112 e. The number of rotatable bonds is 5. The third-order valence-electron chi connectivity index (χ3n) is 1.48. The Morgan fingerprint density at radius 1 is 1.55 bits per heavy atom. The second-order valence-electron chi connectivity index (χ2n) is 2.55. The van der Waals surface area contributed by atoms with Gasteiger partial charge in [-0.15, -0.1) is 0 Å². The van der Waals surface area contributed by atoms with Crippen molar-refractivity contribution in [3.05, 3.63) is 0 Å². The van der Waals surface area contributed by atoms with Crippen molar-refractivity contribution in [2.45, 2.75) is 38.5 Å². The summed E-state index contributed by atoms with van der Waals surface area (Å²) in [6.45, 7) is 3.38. The molecule has 0 aliphatic rings. The average molecular weight is 158 g/mol. The summed E-state index contributed by atoms with van der Waals surface area (Å²) in [4.78, 5) is 0. The van der Waals surface area contributed by atoms with Crippen LogP contribution in [0.25, 0.3) is 0 Å². The van der Waals surface area contributed by atoms with E-state index in [0.29, 0.717) is 6.42 Å². The third-order valence-corrected chi connectivity index (χ3v) is 1.48. The first-order valence-electron chi connectivity index (χ1n) is 3.81. The Labute approximate surface area is 68.8 Å². The fraction of sp³-hybridized carbons (Fsp3) is 1.00. The van der Waals surface area contributed by atoms with Gasteiger partial charge in [0.1, 0.15) is 7.85 Å². The highest BCUT2D eigenvalue weighted by Crippen LogP contribution is 2.02. The van der Waals surface area contributed by atoms with Gasteiger partial charge in [0, 0.05) is 6.00 Å². The van der Waals surface area contributed by atoms with E-state index in [2.05, 4.69) is 0 Å². The largest absolute Gasteiger partial charge is 0.394 e. The topological polar surface area (TPSA) is 49.7 Å². The fourth-order valence-electron chi connectivity index (χ4n) is 0.604.